The van der Waals surface area contributed by atoms with E-state index in [0.717, 1.165) is 11.3 Å². The molecule has 0 fully saturated rings. The van der Waals surface area contributed by atoms with Crippen LogP contribution in [-0.4, -0.2) is 0 Å². The zero-order chi connectivity index (χ0) is 10.7. The van der Waals surface area contributed by atoms with E-state index in [-0.39, 0.29) is 0 Å². The molecule has 1 nitrogen and oxygen atoms in total. The molecule has 2 rings (SSSR count). The Morgan fingerprint density at radius 2 is 2.07 bits per heavy atom. The number of aromatic amines is 1. The molecule has 0 saturated carbocycles. The minimum Gasteiger partial charge on any atom is -0.211 e. The van der Waals surface area contributed by atoms with E-state index in [1.54, 1.807) is 0 Å². The van der Waals surface area contributed by atoms with Gasteiger partial charge in [0.2, 0.25) is 5.69 Å². The van der Waals surface area contributed by atoms with Gasteiger partial charge in [-0.05, 0) is 25.1 Å². The van der Waals surface area contributed by atoms with Crippen molar-refractivity contribution in [1.82, 2.24) is 0 Å². The van der Waals surface area contributed by atoms with E-state index in [9.17, 15) is 0 Å². The number of hydrogen-bond acceptors (Lipinski definition) is 0. The Kier molecular flexibility index (Phi) is 2.64. The molecule has 0 unspecified atom stereocenters. The van der Waals surface area contributed by atoms with Crippen molar-refractivity contribution in [2.24, 2.45) is 0 Å². The second-order valence-electron chi connectivity index (χ2n) is 3.61. The predicted octanol–water partition coefficient (Wildman–Crippen LogP) is 3.12. The fourth-order valence-electron chi connectivity index (χ4n) is 1.56. The predicted molar refractivity (Wildman–Crippen MR) is 63.3 cm³/mol. The molecule has 0 bridgehead atoms. The molecule has 1 heterocycles. The molecule has 1 N–H and O–H groups in total. The second kappa shape index (κ2) is 4.09. The van der Waals surface area contributed by atoms with Crippen LogP contribution in [0.5, 0.6) is 0 Å². The summed E-state index contributed by atoms with van der Waals surface area (Å²) in [6.45, 7) is 5.83. The van der Waals surface area contributed by atoms with Crippen molar-refractivity contribution >= 4 is 6.08 Å². The van der Waals surface area contributed by atoms with Crippen LogP contribution in [0.3, 0.4) is 0 Å². The SMILES string of the molecule is C=Cc1ccc(-c2cccc(C)c2)[nH+]c1. The number of hydrogen-bond donors (Lipinski definition) is 0. The molecule has 1 heteroatoms. The number of H-pyrrole nitrogens is 1. The summed E-state index contributed by atoms with van der Waals surface area (Å²) in [6, 6.07) is 12.6. The van der Waals surface area contributed by atoms with Crippen molar-refractivity contribution in [3.63, 3.8) is 0 Å². The smallest absolute Gasteiger partial charge is 0.210 e. The lowest BCUT2D eigenvalue weighted by molar-refractivity contribution is -0.364. The number of pyridine rings is 1. The Bertz CT molecular complexity index is 469. The van der Waals surface area contributed by atoms with Gasteiger partial charge < -0.3 is 0 Å². The van der Waals surface area contributed by atoms with Gasteiger partial charge in [-0.3, -0.25) is 0 Å². The Balaban J connectivity index is 2.41. The third kappa shape index (κ3) is 2.13. The van der Waals surface area contributed by atoms with E-state index < -0.39 is 0 Å². The first-order valence-electron chi connectivity index (χ1n) is 5.01. The Morgan fingerprint density at radius 1 is 1.20 bits per heavy atom. The topological polar surface area (TPSA) is 14.1 Å². The van der Waals surface area contributed by atoms with Crippen molar-refractivity contribution < 1.29 is 4.98 Å². The first-order chi connectivity index (χ1) is 7.29. The van der Waals surface area contributed by atoms with Crippen LogP contribution >= 0.6 is 0 Å². The maximum Gasteiger partial charge on any atom is 0.210 e. The monoisotopic (exact) mass is 196 g/mol. The van der Waals surface area contributed by atoms with E-state index in [0.29, 0.717) is 0 Å². The van der Waals surface area contributed by atoms with Gasteiger partial charge in [0.05, 0.1) is 0 Å². The fraction of sp³-hybridized carbons (Fsp3) is 0.0714. The van der Waals surface area contributed by atoms with Gasteiger partial charge in [0, 0.05) is 17.2 Å². The van der Waals surface area contributed by atoms with Crippen molar-refractivity contribution in [2.45, 2.75) is 6.92 Å². The van der Waals surface area contributed by atoms with Gasteiger partial charge in [-0.2, -0.15) is 0 Å². The van der Waals surface area contributed by atoms with E-state index in [1.807, 2.05) is 12.3 Å². The molecule has 0 radical (unpaired) electrons. The molecular weight excluding hydrogens is 182 g/mol. The quantitative estimate of drug-likeness (QED) is 0.700. The van der Waals surface area contributed by atoms with Crippen LogP contribution in [0.2, 0.25) is 0 Å². The Labute approximate surface area is 90.1 Å². The van der Waals surface area contributed by atoms with Crippen LogP contribution in [0.4, 0.5) is 0 Å². The highest BCUT2D eigenvalue weighted by Gasteiger charge is 2.04. The average molecular weight is 196 g/mol. The minimum absolute atomic E-state index is 1.10. The molecule has 0 aliphatic heterocycles. The van der Waals surface area contributed by atoms with Gasteiger partial charge in [0.25, 0.3) is 0 Å². The molecule has 0 aliphatic rings. The molecule has 74 valence electrons. The van der Waals surface area contributed by atoms with Crippen molar-refractivity contribution in [3.05, 3.63) is 60.3 Å². The van der Waals surface area contributed by atoms with Crippen LogP contribution < -0.4 is 4.98 Å². The van der Waals surface area contributed by atoms with Crippen LogP contribution in [0.25, 0.3) is 17.3 Å². The standard InChI is InChI=1S/C14H13N/c1-3-12-7-8-14(15-10-12)13-6-4-5-11(2)9-13/h3-10H,1H2,2H3/p+1. The van der Waals surface area contributed by atoms with Crippen LogP contribution in [0.1, 0.15) is 11.1 Å². The number of benzene rings is 1. The molecule has 0 atom stereocenters. The lowest BCUT2D eigenvalue weighted by Gasteiger charge is -1.97. The van der Waals surface area contributed by atoms with Crippen molar-refractivity contribution in [3.8, 4) is 11.3 Å². The zero-order valence-corrected chi connectivity index (χ0v) is 8.83. The first kappa shape index (κ1) is 9.66. The van der Waals surface area contributed by atoms with Gasteiger partial charge >= 0.3 is 0 Å². The number of aryl methyl sites for hydroxylation is 1. The molecule has 0 saturated heterocycles. The third-order valence-electron chi connectivity index (χ3n) is 2.40. The second-order valence-corrected chi connectivity index (χ2v) is 3.61. The van der Waals surface area contributed by atoms with Gasteiger partial charge in [0.1, 0.15) is 0 Å². The van der Waals surface area contributed by atoms with E-state index in [4.69, 9.17) is 0 Å². The highest BCUT2D eigenvalue weighted by molar-refractivity contribution is 5.58. The number of aromatic nitrogens is 1. The van der Waals surface area contributed by atoms with E-state index >= 15 is 0 Å². The summed E-state index contributed by atoms with van der Waals surface area (Å²) < 4.78 is 0. The number of nitrogens with one attached hydrogen (secondary N) is 1. The maximum atomic E-state index is 3.73. The molecular formula is C14H14N+. The van der Waals surface area contributed by atoms with Crippen LogP contribution in [-0.2, 0) is 0 Å². The summed E-state index contributed by atoms with van der Waals surface area (Å²) in [4.78, 5) is 3.26. The van der Waals surface area contributed by atoms with E-state index in [2.05, 4.69) is 54.9 Å². The summed E-state index contributed by atoms with van der Waals surface area (Å²) in [5.74, 6) is 0. The fourth-order valence-corrected chi connectivity index (χ4v) is 1.56. The highest BCUT2D eigenvalue weighted by atomic mass is 14.7. The summed E-state index contributed by atoms with van der Waals surface area (Å²) >= 11 is 0. The molecule has 0 amide bonds. The summed E-state index contributed by atoms with van der Waals surface area (Å²) in [7, 11) is 0. The first-order valence-corrected chi connectivity index (χ1v) is 5.01. The van der Waals surface area contributed by atoms with E-state index in [1.165, 1.54) is 11.1 Å². The van der Waals surface area contributed by atoms with Crippen LogP contribution in [0, 0.1) is 6.92 Å². The van der Waals surface area contributed by atoms with Gasteiger partial charge in [-0.1, -0.05) is 30.4 Å². The van der Waals surface area contributed by atoms with Crippen LogP contribution in [0.15, 0.2) is 49.2 Å². The molecule has 1 aromatic heterocycles. The Hall–Kier alpha value is -1.89. The third-order valence-corrected chi connectivity index (χ3v) is 2.40. The molecule has 0 spiro atoms. The van der Waals surface area contributed by atoms with Gasteiger partial charge in [-0.15, -0.1) is 0 Å². The molecule has 0 aliphatic carbocycles. The highest BCUT2D eigenvalue weighted by Crippen LogP contribution is 2.15. The van der Waals surface area contributed by atoms with Gasteiger partial charge in [0.15, 0.2) is 6.20 Å². The molecule has 1 aromatic carbocycles. The van der Waals surface area contributed by atoms with Crippen molar-refractivity contribution in [1.29, 1.82) is 0 Å². The summed E-state index contributed by atoms with van der Waals surface area (Å²) in [6.07, 6.45) is 3.79. The summed E-state index contributed by atoms with van der Waals surface area (Å²) in [5, 5.41) is 0. The Morgan fingerprint density at radius 3 is 2.67 bits per heavy atom. The molecule has 2 aromatic rings. The lowest BCUT2D eigenvalue weighted by atomic mass is 10.1. The molecule has 15 heavy (non-hydrogen) atoms. The zero-order valence-electron chi connectivity index (χ0n) is 8.83. The maximum absolute atomic E-state index is 3.73. The average Bonchev–Trinajstić information content (AvgIpc) is 2.29. The minimum atomic E-state index is 1.10. The number of rotatable bonds is 2. The largest absolute Gasteiger partial charge is 0.211 e. The lowest BCUT2D eigenvalue weighted by Crippen LogP contribution is -2.06. The van der Waals surface area contributed by atoms with Gasteiger partial charge in [-0.25, -0.2) is 4.98 Å². The van der Waals surface area contributed by atoms with Crippen molar-refractivity contribution in [2.75, 3.05) is 0 Å². The summed E-state index contributed by atoms with van der Waals surface area (Å²) in [5.41, 5.74) is 4.72. The normalized spacial score (nSPS) is 9.93.